The van der Waals surface area contributed by atoms with Crippen molar-refractivity contribution < 1.29 is 4.74 Å². The van der Waals surface area contributed by atoms with E-state index in [-0.39, 0.29) is 6.04 Å². The van der Waals surface area contributed by atoms with Crippen LogP contribution in [0.4, 0.5) is 0 Å². The van der Waals surface area contributed by atoms with Crippen molar-refractivity contribution in [1.82, 2.24) is 15.1 Å². The average Bonchev–Trinajstić information content (AvgIpc) is 2.59. The Labute approximate surface area is 99.1 Å². The lowest BCUT2D eigenvalue weighted by molar-refractivity contribution is 0.147. The number of nitrogens with zero attached hydrogens (tertiary/aromatic N) is 2. The quantitative estimate of drug-likeness (QED) is 0.861. The van der Waals surface area contributed by atoms with Crippen LogP contribution in [0.3, 0.4) is 0 Å². The van der Waals surface area contributed by atoms with E-state index in [1.54, 1.807) is 13.3 Å². The van der Waals surface area contributed by atoms with Crippen LogP contribution in [-0.2, 0) is 4.74 Å². The van der Waals surface area contributed by atoms with Crippen molar-refractivity contribution in [3.05, 3.63) is 16.9 Å². The second kappa shape index (κ2) is 6.25. The van der Waals surface area contributed by atoms with Crippen LogP contribution < -0.4 is 5.32 Å². The maximum Gasteiger partial charge on any atom is 0.0876 e. The molecule has 4 nitrogen and oxygen atoms in total. The predicted molar refractivity (Wildman–Crippen MR) is 64.0 cm³/mol. The van der Waals surface area contributed by atoms with Gasteiger partial charge < -0.3 is 10.1 Å². The summed E-state index contributed by atoms with van der Waals surface area (Å²) in [5.41, 5.74) is 0. The van der Waals surface area contributed by atoms with Gasteiger partial charge in [0.15, 0.2) is 0 Å². The van der Waals surface area contributed by atoms with Crippen LogP contribution in [-0.4, -0.2) is 36.1 Å². The fraction of sp³-hybridized carbons (Fsp3) is 0.700. The molecule has 0 fully saturated rings. The molecule has 5 heteroatoms. The molecule has 0 bridgehead atoms. The van der Waals surface area contributed by atoms with Gasteiger partial charge in [-0.25, -0.2) is 0 Å². The first-order valence-corrected chi connectivity index (χ1v) is 5.84. The highest BCUT2D eigenvalue weighted by molar-refractivity contribution is 9.10. The largest absolute Gasteiger partial charge is 0.382 e. The molecule has 1 aromatic rings. The monoisotopic (exact) mass is 275 g/mol. The van der Waals surface area contributed by atoms with Crippen LogP contribution in [0.15, 0.2) is 16.9 Å². The topological polar surface area (TPSA) is 39.1 Å². The number of ether oxygens (including phenoxy) is 1. The Kier molecular flexibility index (Phi) is 5.28. The van der Waals surface area contributed by atoms with Crippen molar-refractivity contribution in [3.8, 4) is 0 Å². The fourth-order valence-electron chi connectivity index (χ4n) is 1.31. The molecule has 86 valence electrons. The molecule has 1 aromatic heterocycles. The molecule has 1 atom stereocenters. The van der Waals surface area contributed by atoms with Gasteiger partial charge in [-0.2, -0.15) is 5.10 Å². The van der Waals surface area contributed by atoms with E-state index in [0.29, 0.717) is 12.6 Å². The first-order valence-electron chi connectivity index (χ1n) is 5.05. The van der Waals surface area contributed by atoms with Gasteiger partial charge in [0.2, 0.25) is 0 Å². The fourth-order valence-corrected chi connectivity index (χ4v) is 1.61. The van der Waals surface area contributed by atoms with E-state index >= 15 is 0 Å². The Hall–Kier alpha value is -0.390. The minimum absolute atomic E-state index is 0.240. The number of hydrogen-bond acceptors (Lipinski definition) is 3. The number of halogens is 1. The highest BCUT2D eigenvalue weighted by Crippen LogP contribution is 2.11. The molecule has 0 aliphatic rings. The highest BCUT2D eigenvalue weighted by Gasteiger charge is 2.11. The summed E-state index contributed by atoms with van der Waals surface area (Å²) in [6.07, 6.45) is 3.75. The summed E-state index contributed by atoms with van der Waals surface area (Å²) in [6, 6.07) is 0.715. The van der Waals surface area contributed by atoms with E-state index in [4.69, 9.17) is 4.74 Å². The Balaban J connectivity index is 2.57. The van der Waals surface area contributed by atoms with Gasteiger partial charge in [0.05, 0.1) is 23.3 Å². The number of aromatic nitrogens is 2. The van der Waals surface area contributed by atoms with E-state index < -0.39 is 0 Å². The molecule has 0 amide bonds. The summed E-state index contributed by atoms with van der Waals surface area (Å²) in [4.78, 5) is 0. The van der Waals surface area contributed by atoms with Crippen LogP contribution in [0, 0.1) is 0 Å². The Morgan fingerprint density at radius 2 is 2.33 bits per heavy atom. The average molecular weight is 276 g/mol. The minimum atomic E-state index is 0.240. The zero-order valence-corrected chi connectivity index (χ0v) is 11.0. The first kappa shape index (κ1) is 12.7. The van der Waals surface area contributed by atoms with Gasteiger partial charge in [0, 0.05) is 25.9 Å². The van der Waals surface area contributed by atoms with Crippen LogP contribution in [0.2, 0.25) is 0 Å². The standard InChI is InChI=1S/C10H18BrN3O/c1-8(2)12-5-10(7-15-3)14-6-9(11)4-13-14/h4,6,8,10,12H,5,7H2,1-3H3. The third-order valence-corrected chi connectivity index (χ3v) is 2.47. The van der Waals surface area contributed by atoms with E-state index in [1.807, 2.05) is 10.9 Å². The van der Waals surface area contributed by atoms with Gasteiger partial charge in [0.1, 0.15) is 0 Å². The SMILES string of the molecule is COCC(CNC(C)C)n1cc(Br)cn1. The normalized spacial score (nSPS) is 13.4. The van der Waals surface area contributed by atoms with Gasteiger partial charge >= 0.3 is 0 Å². The van der Waals surface area contributed by atoms with Crippen molar-refractivity contribution in [3.63, 3.8) is 0 Å². The van der Waals surface area contributed by atoms with Gasteiger partial charge in [-0.3, -0.25) is 4.68 Å². The lowest BCUT2D eigenvalue weighted by Crippen LogP contribution is -2.32. The summed E-state index contributed by atoms with van der Waals surface area (Å²) in [5, 5.41) is 7.64. The zero-order chi connectivity index (χ0) is 11.3. The summed E-state index contributed by atoms with van der Waals surface area (Å²) in [7, 11) is 1.71. The molecule has 0 spiro atoms. The molecular formula is C10H18BrN3O. The highest BCUT2D eigenvalue weighted by atomic mass is 79.9. The first-order chi connectivity index (χ1) is 7.13. The second-order valence-corrected chi connectivity index (χ2v) is 4.73. The van der Waals surface area contributed by atoms with E-state index in [1.165, 1.54) is 0 Å². The molecule has 0 saturated heterocycles. The molecule has 0 aliphatic heterocycles. The van der Waals surface area contributed by atoms with Crippen molar-refractivity contribution in [2.24, 2.45) is 0 Å². The van der Waals surface area contributed by atoms with Crippen LogP contribution in [0.5, 0.6) is 0 Å². The second-order valence-electron chi connectivity index (χ2n) is 3.81. The molecule has 1 unspecified atom stereocenters. The lowest BCUT2D eigenvalue weighted by atomic mass is 10.3. The Bertz CT molecular complexity index is 288. The smallest absolute Gasteiger partial charge is 0.0876 e. The third-order valence-electron chi connectivity index (χ3n) is 2.06. The van der Waals surface area contributed by atoms with Gasteiger partial charge in [0.25, 0.3) is 0 Å². The van der Waals surface area contributed by atoms with Gasteiger partial charge in [-0.15, -0.1) is 0 Å². The van der Waals surface area contributed by atoms with E-state index in [2.05, 4.69) is 40.2 Å². The minimum Gasteiger partial charge on any atom is -0.382 e. The van der Waals surface area contributed by atoms with Crippen molar-refractivity contribution >= 4 is 15.9 Å². The van der Waals surface area contributed by atoms with Crippen LogP contribution >= 0.6 is 15.9 Å². The van der Waals surface area contributed by atoms with Crippen molar-refractivity contribution in [2.75, 3.05) is 20.3 Å². The van der Waals surface area contributed by atoms with Gasteiger partial charge in [-0.05, 0) is 15.9 Å². The molecule has 0 aromatic carbocycles. The summed E-state index contributed by atoms with van der Waals surface area (Å²) in [5.74, 6) is 0. The van der Waals surface area contributed by atoms with E-state index in [0.717, 1.165) is 11.0 Å². The molecule has 0 saturated carbocycles. The van der Waals surface area contributed by atoms with Crippen molar-refractivity contribution in [2.45, 2.75) is 25.9 Å². The lowest BCUT2D eigenvalue weighted by Gasteiger charge is -2.18. The molecular weight excluding hydrogens is 258 g/mol. The zero-order valence-electron chi connectivity index (χ0n) is 9.40. The van der Waals surface area contributed by atoms with Crippen molar-refractivity contribution in [1.29, 1.82) is 0 Å². The van der Waals surface area contributed by atoms with Crippen LogP contribution in [0.1, 0.15) is 19.9 Å². The number of nitrogens with one attached hydrogen (secondary N) is 1. The Morgan fingerprint density at radius 3 is 2.80 bits per heavy atom. The molecule has 1 N–H and O–H groups in total. The van der Waals surface area contributed by atoms with E-state index in [9.17, 15) is 0 Å². The summed E-state index contributed by atoms with van der Waals surface area (Å²) < 4.78 is 8.10. The summed E-state index contributed by atoms with van der Waals surface area (Å²) >= 11 is 3.39. The number of methoxy groups -OCH3 is 1. The van der Waals surface area contributed by atoms with Crippen LogP contribution in [0.25, 0.3) is 0 Å². The predicted octanol–water partition coefficient (Wildman–Crippen LogP) is 1.83. The molecule has 1 rings (SSSR count). The van der Waals surface area contributed by atoms with Gasteiger partial charge in [-0.1, -0.05) is 13.8 Å². The summed E-state index contributed by atoms with van der Waals surface area (Å²) in [6.45, 7) is 5.78. The number of rotatable bonds is 6. The third kappa shape index (κ3) is 4.32. The molecule has 15 heavy (non-hydrogen) atoms. The molecule has 0 radical (unpaired) electrons. The maximum absolute atomic E-state index is 5.18. The maximum atomic E-state index is 5.18. The molecule has 1 heterocycles. The molecule has 0 aliphatic carbocycles. The number of hydrogen-bond donors (Lipinski definition) is 1. The Morgan fingerprint density at radius 1 is 1.60 bits per heavy atom.